The molecule has 1 aliphatic rings. The average molecular weight is 186 g/mol. The van der Waals surface area contributed by atoms with Crippen LogP contribution >= 0.6 is 0 Å². The van der Waals surface area contributed by atoms with Gasteiger partial charge in [-0.3, -0.25) is 4.79 Å². The molecule has 0 aromatic heterocycles. The molecule has 0 saturated heterocycles. The molecular weight excluding hydrogens is 172 g/mol. The van der Waals surface area contributed by atoms with Crippen molar-refractivity contribution in [3.05, 3.63) is 42.0 Å². The number of ketones is 1. The lowest BCUT2D eigenvalue weighted by Crippen LogP contribution is -2.33. The van der Waals surface area contributed by atoms with Crippen molar-refractivity contribution in [1.29, 1.82) is 0 Å². The van der Waals surface area contributed by atoms with Crippen LogP contribution in [0.4, 0.5) is 0 Å². The second kappa shape index (κ2) is 2.81. The van der Waals surface area contributed by atoms with Gasteiger partial charge in [-0.15, -0.1) is 0 Å². The van der Waals surface area contributed by atoms with Crippen molar-refractivity contribution in [2.75, 3.05) is 0 Å². The quantitative estimate of drug-likeness (QED) is 0.608. The lowest BCUT2D eigenvalue weighted by Gasteiger charge is -2.31. The molecule has 2 rings (SSSR count). The van der Waals surface area contributed by atoms with Gasteiger partial charge in [0.15, 0.2) is 0 Å². The van der Waals surface area contributed by atoms with Crippen molar-refractivity contribution in [3.63, 3.8) is 0 Å². The summed E-state index contributed by atoms with van der Waals surface area (Å²) in [5, 5.41) is 0. The first-order valence-electron chi connectivity index (χ1n) is 4.84. The van der Waals surface area contributed by atoms with Gasteiger partial charge in [-0.1, -0.05) is 30.8 Å². The Bertz CT molecular complexity index is 413. The third kappa shape index (κ3) is 1.12. The van der Waals surface area contributed by atoms with E-state index in [2.05, 4.69) is 6.58 Å². The molecule has 0 spiro atoms. The first-order chi connectivity index (χ1) is 6.53. The molecule has 14 heavy (non-hydrogen) atoms. The molecule has 0 unspecified atom stereocenters. The van der Waals surface area contributed by atoms with Crippen molar-refractivity contribution in [1.82, 2.24) is 0 Å². The summed E-state index contributed by atoms with van der Waals surface area (Å²) in [5.74, 6) is 0.265. The molecule has 1 nitrogen and oxygen atoms in total. The highest BCUT2D eigenvalue weighted by molar-refractivity contribution is 6.01. The fraction of sp³-hybridized carbons (Fsp3) is 0.308. The smallest absolute Gasteiger partial charge is 0.147 e. The normalized spacial score (nSPS) is 19.3. The number of fused-ring (bicyclic) bond motifs is 1. The topological polar surface area (TPSA) is 17.1 Å². The van der Waals surface area contributed by atoms with Crippen molar-refractivity contribution in [2.45, 2.75) is 25.7 Å². The Morgan fingerprint density at radius 1 is 1.29 bits per heavy atom. The standard InChI is InChI=1S/C13H14O/c1-9-8-12(14)13(2,3)11-7-5-4-6-10(9)11/h4-7H,1,8H2,2-3H3. The SMILES string of the molecule is C=C1CC(=O)C(C)(C)c2ccccc21. The Kier molecular flexibility index (Phi) is 1.84. The predicted octanol–water partition coefficient (Wildman–Crippen LogP) is 2.95. The van der Waals surface area contributed by atoms with Crippen LogP contribution in [0.15, 0.2) is 30.8 Å². The summed E-state index contributed by atoms with van der Waals surface area (Å²) in [5.41, 5.74) is 2.86. The van der Waals surface area contributed by atoms with Crippen LogP contribution in [0, 0.1) is 0 Å². The lowest BCUT2D eigenvalue weighted by molar-refractivity contribution is -0.122. The molecule has 1 aromatic rings. The number of hydrogen-bond donors (Lipinski definition) is 0. The van der Waals surface area contributed by atoms with E-state index in [0.717, 1.165) is 16.7 Å². The van der Waals surface area contributed by atoms with Crippen molar-refractivity contribution < 1.29 is 4.79 Å². The van der Waals surface area contributed by atoms with Gasteiger partial charge in [0, 0.05) is 11.8 Å². The van der Waals surface area contributed by atoms with E-state index in [9.17, 15) is 4.79 Å². The molecule has 0 radical (unpaired) electrons. The molecule has 0 N–H and O–H groups in total. The monoisotopic (exact) mass is 186 g/mol. The Labute approximate surface area is 84.5 Å². The van der Waals surface area contributed by atoms with E-state index in [1.807, 2.05) is 38.1 Å². The summed E-state index contributed by atoms with van der Waals surface area (Å²) in [4.78, 5) is 11.8. The van der Waals surface area contributed by atoms with E-state index in [1.165, 1.54) is 0 Å². The van der Waals surface area contributed by atoms with E-state index in [0.29, 0.717) is 6.42 Å². The van der Waals surface area contributed by atoms with E-state index in [1.54, 1.807) is 0 Å². The molecule has 72 valence electrons. The van der Waals surface area contributed by atoms with Crippen LogP contribution in [0.5, 0.6) is 0 Å². The van der Waals surface area contributed by atoms with Gasteiger partial charge in [0.25, 0.3) is 0 Å². The molecule has 0 saturated carbocycles. The zero-order valence-electron chi connectivity index (χ0n) is 8.63. The van der Waals surface area contributed by atoms with Crippen molar-refractivity contribution in [2.24, 2.45) is 0 Å². The molecule has 1 aliphatic carbocycles. The van der Waals surface area contributed by atoms with Crippen molar-refractivity contribution >= 4 is 11.4 Å². The van der Waals surface area contributed by atoms with Gasteiger partial charge in [-0.05, 0) is 30.5 Å². The van der Waals surface area contributed by atoms with E-state index < -0.39 is 0 Å². The summed E-state index contributed by atoms with van der Waals surface area (Å²) in [6.45, 7) is 7.92. The highest BCUT2D eigenvalue weighted by Crippen LogP contribution is 2.38. The number of hydrogen-bond acceptors (Lipinski definition) is 1. The lowest BCUT2D eigenvalue weighted by atomic mass is 9.70. The van der Waals surface area contributed by atoms with Crippen LogP contribution in [-0.4, -0.2) is 5.78 Å². The highest BCUT2D eigenvalue weighted by Gasteiger charge is 2.35. The second-order valence-corrected chi connectivity index (χ2v) is 4.37. The summed E-state index contributed by atoms with van der Waals surface area (Å²) < 4.78 is 0. The van der Waals surface area contributed by atoms with Gasteiger partial charge in [-0.25, -0.2) is 0 Å². The highest BCUT2D eigenvalue weighted by atomic mass is 16.1. The number of allylic oxidation sites excluding steroid dienone is 1. The second-order valence-electron chi connectivity index (χ2n) is 4.37. The molecule has 1 aromatic carbocycles. The third-order valence-electron chi connectivity index (χ3n) is 3.05. The maximum atomic E-state index is 11.8. The number of carbonyl (C=O) groups excluding carboxylic acids is 1. The fourth-order valence-electron chi connectivity index (χ4n) is 2.00. The maximum Gasteiger partial charge on any atom is 0.147 e. The Hall–Kier alpha value is -1.37. The minimum absolute atomic E-state index is 0.265. The summed E-state index contributed by atoms with van der Waals surface area (Å²) >= 11 is 0. The van der Waals surface area contributed by atoms with Crippen LogP contribution < -0.4 is 0 Å². The van der Waals surface area contributed by atoms with E-state index >= 15 is 0 Å². The van der Waals surface area contributed by atoms with Crippen LogP contribution in [-0.2, 0) is 10.2 Å². The largest absolute Gasteiger partial charge is 0.298 e. The first kappa shape index (κ1) is 9.20. The van der Waals surface area contributed by atoms with Gasteiger partial charge in [0.1, 0.15) is 5.78 Å². The minimum atomic E-state index is -0.349. The molecular formula is C13H14O. The van der Waals surface area contributed by atoms with Gasteiger partial charge in [0.2, 0.25) is 0 Å². The number of benzene rings is 1. The number of carbonyl (C=O) groups is 1. The molecule has 0 amide bonds. The van der Waals surface area contributed by atoms with Crippen LogP contribution in [0.3, 0.4) is 0 Å². The Morgan fingerprint density at radius 3 is 2.64 bits per heavy atom. The third-order valence-corrected chi connectivity index (χ3v) is 3.05. The average Bonchev–Trinajstić information content (AvgIpc) is 2.16. The molecule has 0 bridgehead atoms. The predicted molar refractivity (Wildman–Crippen MR) is 58.1 cm³/mol. The molecule has 1 heteroatoms. The fourth-order valence-corrected chi connectivity index (χ4v) is 2.00. The number of Topliss-reactive ketones (excluding diaryl/α,β-unsaturated/α-hetero) is 1. The minimum Gasteiger partial charge on any atom is -0.298 e. The zero-order chi connectivity index (χ0) is 10.3. The number of rotatable bonds is 0. The van der Waals surface area contributed by atoms with E-state index in [4.69, 9.17) is 0 Å². The Morgan fingerprint density at radius 2 is 1.93 bits per heavy atom. The molecule has 0 aliphatic heterocycles. The summed E-state index contributed by atoms with van der Waals surface area (Å²) in [6.07, 6.45) is 0.490. The zero-order valence-corrected chi connectivity index (χ0v) is 8.63. The van der Waals surface area contributed by atoms with Gasteiger partial charge >= 0.3 is 0 Å². The van der Waals surface area contributed by atoms with Gasteiger partial charge in [0.05, 0.1) is 0 Å². The van der Waals surface area contributed by atoms with Crippen molar-refractivity contribution in [3.8, 4) is 0 Å². The molecule has 0 fully saturated rings. The van der Waals surface area contributed by atoms with Crippen LogP contribution in [0.2, 0.25) is 0 Å². The Balaban J connectivity index is 2.69. The molecule has 0 heterocycles. The van der Waals surface area contributed by atoms with E-state index in [-0.39, 0.29) is 11.2 Å². The van der Waals surface area contributed by atoms with Gasteiger partial charge in [-0.2, -0.15) is 0 Å². The summed E-state index contributed by atoms with van der Waals surface area (Å²) in [6, 6.07) is 8.05. The maximum absolute atomic E-state index is 11.8. The summed E-state index contributed by atoms with van der Waals surface area (Å²) in [7, 11) is 0. The first-order valence-corrected chi connectivity index (χ1v) is 4.84. The van der Waals surface area contributed by atoms with Crippen LogP contribution in [0.25, 0.3) is 5.57 Å². The molecule has 0 atom stereocenters. The van der Waals surface area contributed by atoms with Gasteiger partial charge < -0.3 is 0 Å². The van der Waals surface area contributed by atoms with Crippen LogP contribution in [0.1, 0.15) is 31.4 Å².